The molecule has 0 aromatic heterocycles. The third kappa shape index (κ3) is 2.36. The van der Waals surface area contributed by atoms with Gasteiger partial charge in [0.15, 0.2) is 0 Å². The number of anilines is 1. The average Bonchev–Trinajstić information content (AvgIpc) is 2.52. The van der Waals surface area contributed by atoms with Gasteiger partial charge in [0, 0.05) is 5.56 Å². The monoisotopic (exact) mass is 267 g/mol. The standard InChI is InChI=1S/C13H19BFNO3/c1-12(2)13(3,4)19-14(18-12)9-5-8(7-17)11(16)10(15)6-9/h5-6,17H,7,16H2,1-4H3. The molecule has 1 aromatic carbocycles. The van der Waals surface area contributed by atoms with E-state index in [0.29, 0.717) is 11.0 Å². The molecule has 1 aliphatic heterocycles. The summed E-state index contributed by atoms with van der Waals surface area (Å²) in [6.07, 6.45) is 0. The van der Waals surface area contributed by atoms with E-state index < -0.39 is 24.1 Å². The van der Waals surface area contributed by atoms with Crippen molar-refractivity contribution >= 4 is 18.3 Å². The minimum absolute atomic E-state index is 0.0391. The van der Waals surface area contributed by atoms with Gasteiger partial charge < -0.3 is 20.1 Å². The van der Waals surface area contributed by atoms with Gasteiger partial charge in [-0.1, -0.05) is 6.07 Å². The van der Waals surface area contributed by atoms with E-state index in [1.807, 2.05) is 27.7 Å². The van der Waals surface area contributed by atoms with Crippen molar-refractivity contribution in [3.8, 4) is 0 Å². The first-order valence-electron chi connectivity index (χ1n) is 6.22. The number of hydrogen-bond acceptors (Lipinski definition) is 4. The number of benzene rings is 1. The van der Waals surface area contributed by atoms with Crippen molar-refractivity contribution in [3.05, 3.63) is 23.5 Å². The van der Waals surface area contributed by atoms with E-state index in [4.69, 9.17) is 15.0 Å². The van der Waals surface area contributed by atoms with E-state index in [1.54, 1.807) is 6.07 Å². The molecule has 0 saturated carbocycles. The number of nitrogens with two attached hydrogens (primary N) is 1. The van der Waals surface area contributed by atoms with Crippen molar-refractivity contribution in [1.82, 2.24) is 0 Å². The lowest BCUT2D eigenvalue weighted by Crippen LogP contribution is -2.41. The lowest BCUT2D eigenvalue weighted by molar-refractivity contribution is 0.00578. The predicted octanol–water partition coefficient (Wildman–Crippen LogP) is 1.20. The van der Waals surface area contributed by atoms with E-state index in [-0.39, 0.29) is 12.3 Å². The normalized spacial score (nSPS) is 20.8. The number of aliphatic hydroxyl groups is 1. The number of aliphatic hydroxyl groups excluding tert-OH is 1. The van der Waals surface area contributed by atoms with Gasteiger partial charge in [-0.2, -0.15) is 0 Å². The Bertz CT molecular complexity index is 489. The van der Waals surface area contributed by atoms with E-state index in [1.165, 1.54) is 6.07 Å². The van der Waals surface area contributed by atoms with Gasteiger partial charge in [0.25, 0.3) is 0 Å². The Morgan fingerprint density at radius 3 is 2.21 bits per heavy atom. The van der Waals surface area contributed by atoms with Crippen LogP contribution in [-0.2, 0) is 15.9 Å². The molecule has 4 nitrogen and oxygen atoms in total. The zero-order chi connectivity index (χ0) is 14.4. The number of rotatable bonds is 2. The minimum atomic E-state index is -0.662. The van der Waals surface area contributed by atoms with Crippen LogP contribution in [0.25, 0.3) is 0 Å². The third-order valence-corrected chi connectivity index (χ3v) is 3.93. The number of nitrogen functional groups attached to an aromatic ring is 1. The first-order valence-corrected chi connectivity index (χ1v) is 6.22. The number of hydrogen-bond donors (Lipinski definition) is 2. The first kappa shape index (κ1) is 14.3. The maximum Gasteiger partial charge on any atom is 0.494 e. The zero-order valence-corrected chi connectivity index (χ0v) is 11.7. The Kier molecular flexibility index (Phi) is 3.37. The maximum absolute atomic E-state index is 13.7. The van der Waals surface area contributed by atoms with Crippen LogP contribution in [0.3, 0.4) is 0 Å². The van der Waals surface area contributed by atoms with Crippen molar-refractivity contribution in [2.75, 3.05) is 5.73 Å². The van der Waals surface area contributed by atoms with Crippen LogP contribution >= 0.6 is 0 Å². The highest BCUT2D eigenvalue weighted by Crippen LogP contribution is 2.36. The summed E-state index contributed by atoms with van der Waals surface area (Å²) < 4.78 is 25.4. The lowest BCUT2D eigenvalue weighted by Gasteiger charge is -2.32. The fraction of sp³-hybridized carbons (Fsp3) is 0.538. The van der Waals surface area contributed by atoms with Crippen molar-refractivity contribution in [2.24, 2.45) is 0 Å². The molecule has 0 radical (unpaired) electrons. The fourth-order valence-corrected chi connectivity index (χ4v) is 1.94. The largest absolute Gasteiger partial charge is 0.494 e. The molecule has 1 aliphatic rings. The van der Waals surface area contributed by atoms with Crippen LogP contribution in [0, 0.1) is 5.82 Å². The molecular weight excluding hydrogens is 248 g/mol. The second-order valence-electron chi connectivity index (χ2n) is 5.82. The molecule has 1 aromatic rings. The highest BCUT2D eigenvalue weighted by molar-refractivity contribution is 6.62. The summed E-state index contributed by atoms with van der Waals surface area (Å²) in [7, 11) is -0.662. The third-order valence-electron chi connectivity index (χ3n) is 3.93. The van der Waals surface area contributed by atoms with E-state index in [0.717, 1.165) is 0 Å². The van der Waals surface area contributed by atoms with Crippen LogP contribution in [0.4, 0.5) is 10.1 Å². The molecule has 0 bridgehead atoms. The Hall–Kier alpha value is -1.11. The molecule has 1 saturated heterocycles. The summed E-state index contributed by atoms with van der Waals surface area (Å²) in [5.41, 5.74) is 5.39. The van der Waals surface area contributed by atoms with Gasteiger partial charge in [0.05, 0.1) is 23.5 Å². The van der Waals surface area contributed by atoms with E-state index in [9.17, 15) is 9.50 Å². The number of halogens is 1. The van der Waals surface area contributed by atoms with E-state index >= 15 is 0 Å². The molecule has 0 amide bonds. The van der Waals surface area contributed by atoms with Gasteiger partial charge >= 0.3 is 7.12 Å². The van der Waals surface area contributed by atoms with Crippen LogP contribution in [0.15, 0.2) is 12.1 Å². The van der Waals surface area contributed by atoms with Crippen LogP contribution in [0.1, 0.15) is 33.3 Å². The van der Waals surface area contributed by atoms with Gasteiger partial charge in [0.1, 0.15) is 5.82 Å². The van der Waals surface area contributed by atoms with Crippen LogP contribution < -0.4 is 11.2 Å². The molecule has 104 valence electrons. The summed E-state index contributed by atoms with van der Waals surface area (Å²) in [6, 6.07) is 2.90. The molecule has 6 heteroatoms. The Morgan fingerprint density at radius 1 is 1.21 bits per heavy atom. The minimum Gasteiger partial charge on any atom is -0.399 e. The van der Waals surface area contributed by atoms with Gasteiger partial charge in [-0.05, 0) is 39.2 Å². The van der Waals surface area contributed by atoms with Gasteiger partial charge in [0.2, 0.25) is 0 Å². The predicted molar refractivity (Wildman–Crippen MR) is 72.5 cm³/mol. The highest BCUT2D eigenvalue weighted by Gasteiger charge is 2.51. The van der Waals surface area contributed by atoms with Gasteiger partial charge in [-0.3, -0.25) is 0 Å². The van der Waals surface area contributed by atoms with Crippen LogP contribution in [0.5, 0.6) is 0 Å². The van der Waals surface area contributed by atoms with Crippen LogP contribution in [0.2, 0.25) is 0 Å². The molecule has 2 rings (SSSR count). The second kappa shape index (κ2) is 4.47. The Balaban J connectivity index is 2.37. The zero-order valence-electron chi connectivity index (χ0n) is 11.7. The highest BCUT2D eigenvalue weighted by atomic mass is 19.1. The topological polar surface area (TPSA) is 64.7 Å². The summed E-state index contributed by atoms with van der Waals surface area (Å²) in [6.45, 7) is 7.37. The molecule has 1 fully saturated rings. The summed E-state index contributed by atoms with van der Waals surface area (Å²) in [4.78, 5) is 0. The van der Waals surface area contributed by atoms with Crippen molar-refractivity contribution in [2.45, 2.75) is 45.5 Å². The van der Waals surface area contributed by atoms with Gasteiger partial charge in [-0.15, -0.1) is 0 Å². The lowest BCUT2D eigenvalue weighted by atomic mass is 9.78. The maximum atomic E-state index is 13.7. The Morgan fingerprint density at radius 2 is 1.74 bits per heavy atom. The molecular formula is C13H19BFNO3. The summed E-state index contributed by atoms with van der Waals surface area (Å²) in [5.74, 6) is -0.573. The van der Waals surface area contributed by atoms with E-state index in [2.05, 4.69) is 0 Å². The average molecular weight is 267 g/mol. The molecule has 0 atom stereocenters. The van der Waals surface area contributed by atoms with Crippen LogP contribution in [-0.4, -0.2) is 23.4 Å². The van der Waals surface area contributed by atoms with Crippen molar-refractivity contribution in [1.29, 1.82) is 0 Å². The van der Waals surface area contributed by atoms with Crippen molar-refractivity contribution in [3.63, 3.8) is 0 Å². The molecule has 0 aliphatic carbocycles. The fourth-order valence-electron chi connectivity index (χ4n) is 1.94. The molecule has 1 heterocycles. The molecule has 0 spiro atoms. The van der Waals surface area contributed by atoms with Crippen molar-refractivity contribution < 1.29 is 18.8 Å². The smallest absolute Gasteiger partial charge is 0.399 e. The van der Waals surface area contributed by atoms with Gasteiger partial charge in [-0.25, -0.2) is 4.39 Å². The molecule has 0 unspecified atom stereocenters. The quantitative estimate of drug-likeness (QED) is 0.624. The first-order chi connectivity index (χ1) is 8.68. The Labute approximate surface area is 112 Å². The molecule has 19 heavy (non-hydrogen) atoms. The SMILES string of the molecule is CC1(C)OB(c2cc(F)c(N)c(CO)c2)OC1(C)C. The summed E-state index contributed by atoms with van der Waals surface area (Å²) >= 11 is 0. The second-order valence-corrected chi connectivity index (χ2v) is 5.82. The molecule has 3 N–H and O–H groups in total. The summed E-state index contributed by atoms with van der Waals surface area (Å²) in [5, 5.41) is 9.19.